The van der Waals surface area contributed by atoms with Crippen LogP contribution in [0.2, 0.25) is 0 Å². The van der Waals surface area contributed by atoms with Gasteiger partial charge in [-0.05, 0) is 42.7 Å². The van der Waals surface area contributed by atoms with Crippen LogP contribution in [0.15, 0.2) is 79.3 Å². The van der Waals surface area contributed by atoms with Crippen LogP contribution in [0.4, 0.5) is 0 Å². The number of benzene rings is 2. The molecule has 0 bridgehead atoms. The molecule has 1 N–H and O–H groups in total. The molecule has 0 unspecified atom stereocenters. The monoisotopic (exact) mass is 400 g/mol. The summed E-state index contributed by atoms with van der Waals surface area (Å²) < 4.78 is 7.68. The maximum absolute atomic E-state index is 12.1. The lowest BCUT2D eigenvalue weighted by atomic mass is 10.2. The summed E-state index contributed by atoms with van der Waals surface area (Å²) in [5.41, 5.74) is 2.91. The first-order valence-corrected chi connectivity index (χ1v) is 10.1. The van der Waals surface area contributed by atoms with E-state index in [0.29, 0.717) is 26.0 Å². The zero-order valence-electron chi connectivity index (χ0n) is 16.7. The van der Waals surface area contributed by atoms with Crippen LogP contribution in [0.25, 0.3) is 16.6 Å². The number of ether oxygens (including phenoxy) is 1. The Morgan fingerprint density at radius 2 is 1.90 bits per heavy atom. The number of aromatic nitrogens is 3. The summed E-state index contributed by atoms with van der Waals surface area (Å²) in [4.78, 5) is 16.5. The van der Waals surface area contributed by atoms with Crippen molar-refractivity contribution in [3.63, 3.8) is 0 Å². The number of nitrogens with zero attached hydrogens (tertiary/aromatic N) is 3. The van der Waals surface area contributed by atoms with E-state index in [4.69, 9.17) is 4.74 Å². The number of pyridine rings is 1. The molecule has 4 aromatic rings. The van der Waals surface area contributed by atoms with Crippen LogP contribution >= 0.6 is 0 Å². The van der Waals surface area contributed by atoms with Crippen molar-refractivity contribution in [2.75, 3.05) is 13.2 Å². The SMILES string of the molecule is O=C(CCc1cnn(-c2ccccc2)c1)NCCCOc1cccc2cccnc12. The largest absolute Gasteiger partial charge is 0.491 e. The van der Waals surface area contributed by atoms with Crippen molar-refractivity contribution in [2.45, 2.75) is 19.3 Å². The highest BCUT2D eigenvalue weighted by atomic mass is 16.5. The molecule has 0 saturated carbocycles. The Kier molecular flexibility index (Phi) is 6.35. The molecule has 2 aromatic carbocycles. The number of carbonyl (C=O) groups excluding carboxylic acids is 1. The minimum absolute atomic E-state index is 0.0364. The molecule has 6 heteroatoms. The minimum Gasteiger partial charge on any atom is -0.491 e. The van der Waals surface area contributed by atoms with Gasteiger partial charge in [-0.15, -0.1) is 0 Å². The van der Waals surface area contributed by atoms with Crippen LogP contribution in [0.5, 0.6) is 5.75 Å². The maximum atomic E-state index is 12.1. The van der Waals surface area contributed by atoms with E-state index in [1.165, 1.54) is 0 Å². The highest BCUT2D eigenvalue weighted by Crippen LogP contribution is 2.22. The van der Waals surface area contributed by atoms with Gasteiger partial charge in [0.1, 0.15) is 11.3 Å². The summed E-state index contributed by atoms with van der Waals surface area (Å²) in [6.45, 7) is 1.11. The second kappa shape index (κ2) is 9.69. The van der Waals surface area contributed by atoms with Crippen molar-refractivity contribution >= 4 is 16.8 Å². The van der Waals surface area contributed by atoms with Crippen LogP contribution in [-0.4, -0.2) is 33.8 Å². The molecule has 0 aliphatic carbocycles. The molecule has 2 aromatic heterocycles. The Hall–Kier alpha value is -3.67. The van der Waals surface area contributed by atoms with Crippen molar-refractivity contribution in [1.82, 2.24) is 20.1 Å². The highest BCUT2D eigenvalue weighted by molar-refractivity contribution is 5.84. The van der Waals surface area contributed by atoms with Gasteiger partial charge in [0.15, 0.2) is 0 Å². The number of amides is 1. The first kappa shape index (κ1) is 19.6. The van der Waals surface area contributed by atoms with Gasteiger partial charge in [0.05, 0.1) is 18.5 Å². The lowest BCUT2D eigenvalue weighted by Crippen LogP contribution is -2.25. The quantitative estimate of drug-likeness (QED) is 0.432. The van der Waals surface area contributed by atoms with Crippen molar-refractivity contribution in [3.8, 4) is 11.4 Å². The zero-order valence-corrected chi connectivity index (χ0v) is 16.7. The lowest BCUT2D eigenvalue weighted by molar-refractivity contribution is -0.121. The zero-order chi connectivity index (χ0) is 20.6. The average Bonchev–Trinajstić information content (AvgIpc) is 3.27. The van der Waals surface area contributed by atoms with E-state index >= 15 is 0 Å². The van der Waals surface area contributed by atoms with Crippen molar-refractivity contribution in [1.29, 1.82) is 0 Å². The minimum atomic E-state index is 0.0364. The van der Waals surface area contributed by atoms with Crippen molar-refractivity contribution in [3.05, 3.63) is 84.8 Å². The number of para-hydroxylation sites is 2. The normalized spacial score (nSPS) is 10.8. The molecular formula is C24H24N4O2. The average molecular weight is 400 g/mol. The summed E-state index contributed by atoms with van der Waals surface area (Å²) >= 11 is 0. The fourth-order valence-electron chi connectivity index (χ4n) is 3.23. The number of rotatable bonds is 9. The van der Waals surface area contributed by atoms with Crippen LogP contribution in [0, 0.1) is 0 Å². The molecule has 152 valence electrons. The molecule has 0 aliphatic rings. The number of fused-ring (bicyclic) bond motifs is 1. The number of hydrogen-bond acceptors (Lipinski definition) is 4. The van der Waals surface area contributed by atoms with Gasteiger partial charge in [-0.1, -0.05) is 36.4 Å². The smallest absolute Gasteiger partial charge is 0.220 e. The molecule has 30 heavy (non-hydrogen) atoms. The predicted octanol–water partition coefficient (Wildman–Crippen LogP) is 3.94. The van der Waals surface area contributed by atoms with E-state index in [0.717, 1.165) is 34.3 Å². The number of hydrogen-bond donors (Lipinski definition) is 1. The third-order valence-corrected chi connectivity index (χ3v) is 4.79. The number of carbonyl (C=O) groups is 1. The molecule has 0 saturated heterocycles. The van der Waals surface area contributed by atoms with E-state index in [1.807, 2.05) is 77.7 Å². The van der Waals surface area contributed by atoms with Gasteiger partial charge in [-0.3, -0.25) is 9.78 Å². The topological polar surface area (TPSA) is 69.0 Å². The standard InChI is InChI=1S/C24H24N4O2/c29-23(13-12-19-17-27-28(18-19)21-9-2-1-3-10-21)25-15-6-16-30-22-11-4-7-20-8-5-14-26-24(20)22/h1-5,7-11,14,17-18H,6,12-13,15-16H2,(H,25,29). The second-order valence-corrected chi connectivity index (χ2v) is 7.01. The van der Waals surface area contributed by atoms with Gasteiger partial charge in [-0.2, -0.15) is 5.10 Å². The lowest BCUT2D eigenvalue weighted by Gasteiger charge is -2.09. The van der Waals surface area contributed by atoms with Crippen molar-refractivity contribution < 1.29 is 9.53 Å². The van der Waals surface area contributed by atoms with E-state index in [9.17, 15) is 4.79 Å². The first-order valence-electron chi connectivity index (χ1n) is 10.1. The molecule has 0 spiro atoms. The summed E-state index contributed by atoms with van der Waals surface area (Å²) in [6.07, 6.45) is 7.38. The van der Waals surface area contributed by atoms with Gasteiger partial charge in [0, 0.05) is 30.7 Å². The van der Waals surface area contributed by atoms with Crippen LogP contribution in [-0.2, 0) is 11.2 Å². The van der Waals surface area contributed by atoms with Gasteiger partial charge in [0.2, 0.25) is 5.91 Å². The maximum Gasteiger partial charge on any atom is 0.220 e. The Balaban J connectivity index is 1.16. The molecular weight excluding hydrogens is 376 g/mol. The fourth-order valence-corrected chi connectivity index (χ4v) is 3.23. The summed E-state index contributed by atoms with van der Waals surface area (Å²) in [5, 5.41) is 8.37. The van der Waals surface area contributed by atoms with Crippen LogP contribution < -0.4 is 10.1 Å². The van der Waals surface area contributed by atoms with E-state index in [1.54, 1.807) is 6.20 Å². The number of nitrogens with one attached hydrogen (secondary N) is 1. The molecule has 0 fully saturated rings. The van der Waals surface area contributed by atoms with E-state index in [2.05, 4.69) is 15.4 Å². The molecule has 0 aliphatic heterocycles. The van der Waals surface area contributed by atoms with Gasteiger partial charge in [0.25, 0.3) is 0 Å². The van der Waals surface area contributed by atoms with Gasteiger partial charge < -0.3 is 10.1 Å². The Bertz CT molecular complexity index is 1100. The van der Waals surface area contributed by atoms with Crippen LogP contribution in [0.1, 0.15) is 18.4 Å². The predicted molar refractivity (Wildman–Crippen MR) is 117 cm³/mol. The Morgan fingerprint density at radius 1 is 1.03 bits per heavy atom. The number of aryl methyl sites for hydroxylation is 1. The second-order valence-electron chi connectivity index (χ2n) is 7.01. The van der Waals surface area contributed by atoms with Gasteiger partial charge >= 0.3 is 0 Å². The highest BCUT2D eigenvalue weighted by Gasteiger charge is 2.06. The summed E-state index contributed by atoms with van der Waals surface area (Å²) in [6, 6.07) is 19.7. The van der Waals surface area contributed by atoms with Crippen LogP contribution in [0.3, 0.4) is 0 Å². The molecule has 1 amide bonds. The molecule has 0 radical (unpaired) electrons. The Labute approximate surface area is 175 Å². The summed E-state index contributed by atoms with van der Waals surface area (Å²) in [5.74, 6) is 0.809. The molecule has 0 atom stereocenters. The molecule has 4 rings (SSSR count). The summed E-state index contributed by atoms with van der Waals surface area (Å²) in [7, 11) is 0. The Morgan fingerprint density at radius 3 is 2.80 bits per heavy atom. The third kappa shape index (κ3) is 5.03. The first-order chi connectivity index (χ1) is 14.8. The van der Waals surface area contributed by atoms with E-state index in [-0.39, 0.29) is 5.91 Å². The van der Waals surface area contributed by atoms with Gasteiger partial charge in [-0.25, -0.2) is 4.68 Å². The third-order valence-electron chi connectivity index (χ3n) is 4.79. The van der Waals surface area contributed by atoms with Crippen molar-refractivity contribution in [2.24, 2.45) is 0 Å². The molecule has 6 nitrogen and oxygen atoms in total. The van der Waals surface area contributed by atoms with E-state index < -0.39 is 0 Å². The fraction of sp³-hybridized carbons (Fsp3) is 0.208. The molecule has 2 heterocycles.